The molecule has 15 heteroatoms. The number of rotatable bonds is 8. The highest BCUT2D eigenvalue weighted by molar-refractivity contribution is 8.08. The number of sulfonamides is 3. The molecule has 2 aliphatic rings. The van der Waals surface area contributed by atoms with Gasteiger partial charge < -0.3 is 0 Å². The van der Waals surface area contributed by atoms with E-state index in [1.807, 2.05) is 0 Å². The zero-order valence-corrected chi connectivity index (χ0v) is 17.7. The molecule has 0 amide bonds. The molecule has 142 valence electrons. The van der Waals surface area contributed by atoms with Crippen LogP contribution in [0.5, 0.6) is 0 Å². The summed E-state index contributed by atoms with van der Waals surface area (Å²) in [5.74, 6) is -0.0175. The summed E-state index contributed by atoms with van der Waals surface area (Å²) < 4.78 is 76.2. The van der Waals surface area contributed by atoms with Gasteiger partial charge in [0, 0.05) is 23.3 Å². The second-order valence-corrected chi connectivity index (χ2v) is 14.1. The molecule has 2 fully saturated rings. The molecule has 2 heterocycles. The van der Waals surface area contributed by atoms with Crippen molar-refractivity contribution in [1.82, 2.24) is 12.9 Å². The third-order valence-corrected chi connectivity index (χ3v) is 12.0. The van der Waals surface area contributed by atoms with E-state index in [2.05, 4.69) is 25.3 Å². The Balaban J connectivity index is 2.34. The zero-order valence-electron chi connectivity index (χ0n) is 12.6. The fourth-order valence-corrected chi connectivity index (χ4v) is 9.11. The Labute approximate surface area is 158 Å². The smallest absolute Gasteiger partial charge is 0.212 e. The van der Waals surface area contributed by atoms with Gasteiger partial charge in [-0.25, -0.2) is 25.3 Å². The lowest BCUT2D eigenvalue weighted by Gasteiger charge is -2.39. The molecule has 0 aromatic rings. The molecule has 0 bridgehead atoms. The van der Waals surface area contributed by atoms with Crippen molar-refractivity contribution in [2.24, 2.45) is 0 Å². The van der Waals surface area contributed by atoms with E-state index in [1.165, 1.54) is 0 Å². The van der Waals surface area contributed by atoms with E-state index >= 15 is 0 Å². The van der Waals surface area contributed by atoms with Crippen LogP contribution in [-0.4, -0.2) is 91.5 Å². The number of hydrogen-bond donors (Lipinski definition) is 2. The molecule has 0 aromatic heterocycles. The number of thiol groups is 3. The summed E-state index contributed by atoms with van der Waals surface area (Å²) in [6.07, 6.45) is 0. The molecular weight excluding hydrogens is 439 g/mol. The van der Waals surface area contributed by atoms with Crippen molar-refractivity contribution in [3.8, 4) is 0 Å². The summed E-state index contributed by atoms with van der Waals surface area (Å²) >= 11 is 8.52. The highest BCUT2D eigenvalue weighted by Gasteiger charge is 2.53. The van der Waals surface area contributed by atoms with Gasteiger partial charge in [-0.3, -0.25) is 0 Å². The molecule has 24 heavy (non-hydrogen) atoms. The Morgan fingerprint density at radius 2 is 1.17 bits per heavy atom. The molecule has 2 rings (SSSR count). The van der Waals surface area contributed by atoms with Crippen LogP contribution in [0.15, 0.2) is 0 Å². The molecular formula is C9H20N3O6S6+. The predicted molar refractivity (Wildman–Crippen MR) is 102 cm³/mol. The molecule has 2 saturated heterocycles. The second kappa shape index (κ2) is 7.80. The van der Waals surface area contributed by atoms with Crippen LogP contribution >= 0.6 is 25.3 Å². The molecule has 0 aromatic carbocycles. The maximum Gasteiger partial charge on any atom is 0.273 e. The van der Waals surface area contributed by atoms with Crippen LogP contribution in [0.1, 0.15) is 0 Å². The summed E-state index contributed by atoms with van der Waals surface area (Å²) in [6, 6.07) is 0. The highest BCUT2D eigenvalue weighted by Crippen LogP contribution is 2.26. The molecule has 0 radical (unpaired) electrons. The predicted octanol–water partition coefficient (Wildman–Crippen LogP) is -2.22. The van der Waals surface area contributed by atoms with Crippen LogP contribution in [0.3, 0.4) is 0 Å². The largest absolute Gasteiger partial charge is 0.273 e. The van der Waals surface area contributed by atoms with Gasteiger partial charge in [-0.2, -0.15) is 38.2 Å². The van der Waals surface area contributed by atoms with E-state index in [-0.39, 0.29) is 36.3 Å². The van der Waals surface area contributed by atoms with Gasteiger partial charge in [0.1, 0.15) is 0 Å². The first-order valence-corrected chi connectivity index (χ1v) is 14.0. The summed E-state index contributed by atoms with van der Waals surface area (Å²) in [7, 11) is -11.4. The Hall–Kier alpha value is 0.780. The molecule has 0 unspecified atom stereocenters. The molecule has 0 N–H and O–H groups in total. The van der Waals surface area contributed by atoms with Crippen LogP contribution in [0.2, 0.25) is 0 Å². The zero-order chi connectivity index (χ0) is 18.2. The molecule has 0 spiro atoms. The lowest BCUT2D eigenvalue weighted by atomic mass is 10.8. The first-order valence-electron chi connectivity index (χ1n) is 6.87. The standard InChI is InChI=1S/C9H19N3O6S6/c13-22(14,3-1-19)10-6-11(23(15,16)4-2-20)8-12(7-10)24(17,18)9-5-21-9/h9,19-20H,1-8H2/p+1/t9-/m1/s1. The summed E-state index contributed by atoms with van der Waals surface area (Å²) in [5.41, 5.74) is 0. The maximum atomic E-state index is 12.5. The first kappa shape index (κ1) is 21.1. The van der Waals surface area contributed by atoms with Gasteiger partial charge >= 0.3 is 0 Å². The lowest BCUT2D eigenvalue weighted by Crippen LogP contribution is -2.60. The van der Waals surface area contributed by atoms with Gasteiger partial charge in [-0.05, 0) is 0 Å². The third-order valence-electron chi connectivity index (χ3n) is 3.47. The Kier molecular flexibility index (Phi) is 6.85. The van der Waals surface area contributed by atoms with Crippen molar-refractivity contribution < 1.29 is 25.3 Å². The van der Waals surface area contributed by atoms with E-state index in [9.17, 15) is 25.3 Å². The van der Waals surface area contributed by atoms with Crippen LogP contribution in [0.4, 0.5) is 0 Å². The molecule has 1 atom stereocenters. The molecule has 2 aliphatic heterocycles. The van der Waals surface area contributed by atoms with Crippen LogP contribution in [0, 0.1) is 0 Å². The van der Waals surface area contributed by atoms with E-state index in [1.54, 1.807) is 0 Å². The summed E-state index contributed by atoms with van der Waals surface area (Å²) in [4.78, 5) is 0. The summed E-state index contributed by atoms with van der Waals surface area (Å²) in [6.45, 7) is -1.16. The minimum atomic E-state index is -3.82. The maximum absolute atomic E-state index is 12.5. The van der Waals surface area contributed by atoms with Gasteiger partial charge in [0.05, 0.1) is 31.5 Å². The minimum Gasteiger partial charge on any atom is -0.212 e. The van der Waals surface area contributed by atoms with Crippen molar-refractivity contribution >= 4 is 67.1 Å². The van der Waals surface area contributed by atoms with E-state index in [0.717, 1.165) is 24.7 Å². The Morgan fingerprint density at radius 1 is 0.792 bits per heavy atom. The van der Waals surface area contributed by atoms with E-state index in [4.69, 9.17) is 0 Å². The molecule has 0 aliphatic carbocycles. The van der Waals surface area contributed by atoms with Crippen molar-refractivity contribution in [2.45, 2.75) is 4.58 Å². The lowest BCUT2D eigenvalue weighted by molar-refractivity contribution is 0.128. The van der Waals surface area contributed by atoms with Crippen LogP contribution in [-0.2, 0) is 41.8 Å². The summed E-state index contributed by atoms with van der Waals surface area (Å²) in [5, 5.41) is 0. The number of hydrogen-bond acceptors (Lipinski definition) is 8. The van der Waals surface area contributed by atoms with Crippen molar-refractivity contribution in [2.75, 3.05) is 48.8 Å². The van der Waals surface area contributed by atoms with Crippen molar-refractivity contribution in [3.63, 3.8) is 0 Å². The fraction of sp³-hybridized carbons (Fsp3) is 1.00. The van der Waals surface area contributed by atoms with Crippen molar-refractivity contribution in [1.29, 1.82) is 0 Å². The SMILES string of the molecule is O=S(=O)(CCS)N1CN(S(=O)(=O)CCS)CN(S(=O)(=O)[C@@H]2C[SH+]2)C1. The highest BCUT2D eigenvalue weighted by atomic mass is 32.3. The third kappa shape index (κ3) is 4.73. The Bertz CT molecular complexity index is 718. The quantitative estimate of drug-likeness (QED) is 0.242. The Morgan fingerprint density at radius 3 is 1.50 bits per heavy atom. The van der Waals surface area contributed by atoms with Gasteiger partial charge in [0.2, 0.25) is 20.0 Å². The van der Waals surface area contributed by atoms with E-state index < -0.39 is 41.3 Å². The normalized spacial score (nSPS) is 25.0. The van der Waals surface area contributed by atoms with E-state index in [0.29, 0.717) is 5.75 Å². The minimum absolute atomic E-state index is 0.0518. The number of nitrogens with zero attached hydrogens (tertiary/aromatic N) is 3. The average molecular weight is 459 g/mol. The second-order valence-electron chi connectivity index (χ2n) is 5.22. The van der Waals surface area contributed by atoms with Crippen LogP contribution in [0.25, 0.3) is 0 Å². The monoisotopic (exact) mass is 458 g/mol. The van der Waals surface area contributed by atoms with Gasteiger partial charge in [-0.15, -0.1) is 0 Å². The first-order chi connectivity index (χ1) is 11.0. The van der Waals surface area contributed by atoms with Crippen LogP contribution < -0.4 is 0 Å². The van der Waals surface area contributed by atoms with Gasteiger partial charge in [0.15, 0.2) is 5.75 Å². The average Bonchev–Trinajstić information content (AvgIpc) is 3.31. The molecule has 0 saturated carbocycles. The van der Waals surface area contributed by atoms with Gasteiger partial charge in [-0.1, -0.05) is 0 Å². The topological polar surface area (TPSA) is 112 Å². The fourth-order valence-electron chi connectivity index (χ4n) is 2.07. The van der Waals surface area contributed by atoms with Crippen molar-refractivity contribution in [3.05, 3.63) is 0 Å². The van der Waals surface area contributed by atoms with Gasteiger partial charge in [0.25, 0.3) is 14.6 Å². The molecule has 9 nitrogen and oxygen atoms in total.